The molecule has 1 saturated heterocycles. The Labute approximate surface area is 185 Å². The highest BCUT2D eigenvalue weighted by atomic mass is 16.5. The van der Waals surface area contributed by atoms with E-state index in [1.54, 1.807) is 31.4 Å². The molecule has 0 spiro atoms. The second-order valence-electron chi connectivity index (χ2n) is 7.65. The van der Waals surface area contributed by atoms with Gasteiger partial charge >= 0.3 is 0 Å². The maximum absolute atomic E-state index is 13.6. The summed E-state index contributed by atoms with van der Waals surface area (Å²) in [5, 5.41) is 0. The van der Waals surface area contributed by atoms with Crippen molar-refractivity contribution in [3.8, 4) is 11.5 Å². The van der Waals surface area contributed by atoms with Crippen LogP contribution < -0.4 is 9.47 Å². The fourth-order valence-corrected chi connectivity index (χ4v) is 3.70. The van der Waals surface area contributed by atoms with Crippen LogP contribution in [0.2, 0.25) is 0 Å². The lowest BCUT2D eigenvalue weighted by molar-refractivity contribution is 0.0228. The van der Waals surface area contributed by atoms with Gasteiger partial charge in [0.25, 0.3) is 5.91 Å². The second-order valence-corrected chi connectivity index (χ2v) is 7.65. The van der Waals surface area contributed by atoms with Crippen molar-refractivity contribution in [2.75, 3.05) is 46.6 Å². The summed E-state index contributed by atoms with van der Waals surface area (Å²) in [7, 11) is 1.58. The van der Waals surface area contributed by atoms with Gasteiger partial charge in [0.15, 0.2) is 11.5 Å². The van der Waals surface area contributed by atoms with Gasteiger partial charge in [0.2, 0.25) is 0 Å². The Hall–Kier alpha value is -2.83. The predicted molar refractivity (Wildman–Crippen MR) is 122 cm³/mol. The van der Waals surface area contributed by atoms with E-state index < -0.39 is 0 Å². The molecule has 2 aromatic carbocycles. The Bertz CT molecular complexity index is 850. The number of amides is 1. The Kier molecular flexibility index (Phi) is 8.50. The third-order valence-electron chi connectivity index (χ3n) is 5.38. The highest BCUT2D eigenvalue weighted by Gasteiger charge is 2.25. The summed E-state index contributed by atoms with van der Waals surface area (Å²) in [5.41, 5.74) is 1.68. The molecule has 0 bridgehead atoms. The maximum Gasteiger partial charge on any atom is 0.254 e. The molecule has 31 heavy (non-hydrogen) atoms. The van der Waals surface area contributed by atoms with Gasteiger partial charge in [0.1, 0.15) is 6.61 Å². The molecule has 1 atom stereocenters. The summed E-state index contributed by atoms with van der Waals surface area (Å²) in [5.74, 6) is 1.10. The van der Waals surface area contributed by atoms with Crippen molar-refractivity contribution in [3.05, 3.63) is 72.3 Å². The first-order valence-corrected chi connectivity index (χ1v) is 10.7. The van der Waals surface area contributed by atoms with Crippen LogP contribution in [0, 0.1) is 0 Å². The molecule has 3 rings (SSSR count). The van der Waals surface area contributed by atoms with Gasteiger partial charge in [-0.05, 0) is 30.7 Å². The summed E-state index contributed by atoms with van der Waals surface area (Å²) in [6, 6.07) is 15.4. The molecular weight excluding hydrogens is 392 g/mol. The molecule has 1 aliphatic rings. The Balaban J connectivity index is 1.82. The van der Waals surface area contributed by atoms with E-state index in [2.05, 4.69) is 30.5 Å². The molecule has 1 heterocycles. The van der Waals surface area contributed by atoms with E-state index in [4.69, 9.17) is 14.2 Å². The lowest BCUT2D eigenvalue weighted by Crippen LogP contribution is -2.48. The van der Waals surface area contributed by atoms with Crippen molar-refractivity contribution in [2.24, 2.45) is 0 Å². The van der Waals surface area contributed by atoms with E-state index in [0.29, 0.717) is 30.2 Å². The molecule has 6 nitrogen and oxygen atoms in total. The van der Waals surface area contributed by atoms with E-state index in [0.717, 1.165) is 38.4 Å². The van der Waals surface area contributed by atoms with Gasteiger partial charge in [-0.1, -0.05) is 43.0 Å². The normalized spacial score (nSPS) is 15.2. The lowest BCUT2D eigenvalue weighted by Gasteiger charge is -2.35. The molecule has 1 amide bonds. The van der Waals surface area contributed by atoms with E-state index in [9.17, 15) is 4.79 Å². The Morgan fingerprint density at radius 1 is 1.19 bits per heavy atom. The second kappa shape index (κ2) is 11.5. The Morgan fingerprint density at radius 2 is 1.94 bits per heavy atom. The van der Waals surface area contributed by atoms with E-state index in [1.165, 1.54) is 0 Å². The van der Waals surface area contributed by atoms with Crippen molar-refractivity contribution in [1.29, 1.82) is 0 Å². The average Bonchev–Trinajstić information content (AvgIpc) is 2.82. The number of benzene rings is 2. The van der Waals surface area contributed by atoms with Crippen LogP contribution in [0.25, 0.3) is 0 Å². The number of carbonyl (C=O) groups excluding carboxylic acids is 1. The SMILES string of the molecule is C=CCOc1ccc(C(=O)N(Cc2ccccc2)C(C)CN2CCOCC2)cc1OC. The highest BCUT2D eigenvalue weighted by Crippen LogP contribution is 2.29. The van der Waals surface area contributed by atoms with Crippen LogP contribution >= 0.6 is 0 Å². The maximum atomic E-state index is 13.6. The largest absolute Gasteiger partial charge is 0.493 e. The molecule has 0 radical (unpaired) electrons. The summed E-state index contributed by atoms with van der Waals surface area (Å²) in [6.07, 6.45) is 1.67. The van der Waals surface area contributed by atoms with Crippen molar-refractivity contribution in [2.45, 2.75) is 19.5 Å². The fraction of sp³-hybridized carbons (Fsp3) is 0.400. The van der Waals surface area contributed by atoms with E-state index >= 15 is 0 Å². The molecule has 2 aromatic rings. The first kappa shape index (κ1) is 22.8. The molecule has 0 saturated carbocycles. The van der Waals surface area contributed by atoms with Crippen LogP contribution in [-0.2, 0) is 11.3 Å². The quantitative estimate of drug-likeness (QED) is 0.545. The summed E-state index contributed by atoms with van der Waals surface area (Å²) in [6.45, 7) is 10.8. The molecule has 6 heteroatoms. The zero-order valence-corrected chi connectivity index (χ0v) is 18.5. The number of methoxy groups -OCH3 is 1. The van der Waals surface area contributed by atoms with Crippen LogP contribution in [0.15, 0.2) is 61.2 Å². The minimum Gasteiger partial charge on any atom is -0.493 e. The number of morpholine rings is 1. The van der Waals surface area contributed by atoms with Gasteiger partial charge < -0.3 is 19.1 Å². The molecule has 0 aromatic heterocycles. The van der Waals surface area contributed by atoms with Gasteiger partial charge in [-0.2, -0.15) is 0 Å². The van der Waals surface area contributed by atoms with Crippen LogP contribution in [0.5, 0.6) is 11.5 Å². The fourth-order valence-electron chi connectivity index (χ4n) is 3.70. The molecule has 0 N–H and O–H groups in total. The predicted octanol–water partition coefficient (Wildman–Crippen LogP) is 3.62. The number of hydrogen-bond donors (Lipinski definition) is 0. The zero-order chi connectivity index (χ0) is 22.1. The van der Waals surface area contributed by atoms with Crippen LogP contribution in [0.1, 0.15) is 22.8 Å². The third-order valence-corrected chi connectivity index (χ3v) is 5.38. The molecule has 1 fully saturated rings. The topological polar surface area (TPSA) is 51.2 Å². The van der Waals surface area contributed by atoms with Gasteiger partial charge in [-0.25, -0.2) is 0 Å². The minimum atomic E-state index is -0.0295. The van der Waals surface area contributed by atoms with Crippen LogP contribution in [0.3, 0.4) is 0 Å². The first-order chi connectivity index (χ1) is 15.1. The van der Waals surface area contributed by atoms with Crippen LogP contribution in [-0.4, -0.2) is 68.3 Å². The first-order valence-electron chi connectivity index (χ1n) is 10.7. The van der Waals surface area contributed by atoms with Gasteiger partial charge in [0, 0.05) is 37.8 Å². The van der Waals surface area contributed by atoms with Crippen molar-refractivity contribution in [1.82, 2.24) is 9.80 Å². The van der Waals surface area contributed by atoms with Gasteiger partial charge in [0.05, 0.1) is 20.3 Å². The number of nitrogens with zero attached hydrogens (tertiary/aromatic N) is 2. The standard InChI is InChI=1S/C25H32N2O4/c1-4-14-31-23-11-10-22(17-24(23)29-3)25(28)27(19-21-8-6-5-7-9-21)20(2)18-26-12-15-30-16-13-26/h4-11,17,20H,1,12-16,18-19H2,2-3H3. The highest BCUT2D eigenvalue weighted by molar-refractivity contribution is 5.95. The van der Waals surface area contributed by atoms with Gasteiger partial charge in [-0.3, -0.25) is 9.69 Å². The average molecular weight is 425 g/mol. The zero-order valence-electron chi connectivity index (χ0n) is 18.5. The Morgan fingerprint density at radius 3 is 2.61 bits per heavy atom. The summed E-state index contributed by atoms with van der Waals surface area (Å²) >= 11 is 0. The van der Waals surface area contributed by atoms with Crippen molar-refractivity contribution >= 4 is 5.91 Å². The molecule has 166 valence electrons. The number of ether oxygens (including phenoxy) is 3. The molecule has 1 unspecified atom stereocenters. The minimum absolute atomic E-state index is 0.0295. The van der Waals surface area contributed by atoms with Crippen molar-refractivity contribution in [3.63, 3.8) is 0 Å². The van der Waals surface area contributed by atoms with Crippen LogP contribution in [0.4, 0.5) is 0 Å². The lowest BCUT2D eigenvalue weighted by atomic mass is 10.1. The smallest absolute Gasteiger partial charge is 0.254 e. The number of rotatable bonds is 10. The van der Waals surface area contributed by atoms with E-state index in [-0.39, 0.29) is 11.9 Å². The number of hydrogen-bond acceptors (Lipinski definition) is 5. The van der Waals surface area contributed by atoms with Crippen molar-refractivity contribution < 1.29 is 19.0 Å². The monoisotopic (exact) mass is 424 g/mol. The molecular formula is C25H32N2O4. The van der Waals surface area contributed by atoms with Gasteiger partial charge in [-0.15, -0.1) is 0 Å². The summed E-state index contributed by atoms with van der Waals surface area (Å²) in [4.78, 5) is 17.9. The van der Waals surface area contributed by atoms with E-state index in [1.807, 2.05) is 23.1 Å². The molecule has 0 aliphatic carbocycles. The number of carbonyl (C=O) groups is 1. The third kappa shape index (κ3) is 6.32. The molecule has 1 aliphatic heterocycles. The summed E-state index contributed by atoms with van der Waals surface area (Å²) < 4.78 is 16.6.